The van der Waals surface area contributed by atoms with Crippen LogP contribution in [0.15, 0.2) is 18.2 Å². The summed E-state index contributed by atoms with van der Waals surface area (Å²) < 4.78 is 10.4. The number of amides is 1. The van der Waals surface area contributed by atoms with Gasteiger partial charge in [0.1, 0.15) is 0 Å². The lowest BCUT2D eigenvalue weighted by Gasteiger charge is -2.14. The van der Waals surface area contributed by atoms with Gasteiger partial charge < -0.3 is 14.4 Å². The van der Waals surface area contributed by atoms with Crippen LogP contribution in [-0.2, 0) is 4.79 Å². The Bertz CT molecular complexity index is 497. The minimum absolute atomic E-state index is 0.110. The molecule has 2 aliphatic heterocycles. The van der Waals surface area contributed by atoms with Gasteiger partial charge in [0.2, 0.25) is 6.79 Å². The first-order valence-corrected chi connectivity index (χ1v) is 5.45. The van der Waals surface area contributed by atoms with Crippen molar-refractivity contribution >= 4 is 11.7 Å². The number of hydrogen-bond donors (Lipinski definition) is 0. The molecule has 0 atom stereocenters. The minimum atomic E-state index is -0.130. The molecule has 1 fully saturated rings. The molecule has 0 radical (unpaired) electrons. The Balaban J connectivity index is 1.84. The monoisotopic (exact) mass is 233 g/mol. The van der Waals surface area contributed by atoms with E-state index in [2.05, 4.69) is 0 Å². The van der Waals surface area contributed by atoms with E-state index in [9.17, 15) is 9.59 Å². The van der Waals surface area contributed by atoms with Crippen LogP contribution in [0.4, 0.5) is 0 Å². The predicted molar refractivity (Wildman–Crippen MR) is 58.1 cm³/mol. The van der Waals surface area contributed by atoms with Gasteiger partial charge in [0.05, 0.1) is 6.54 Å². The fraction of sp³-hybridized carbons (Fsp3) is 0.333. The van der Waals surface area contributed by atoms with E-state index >= 15 is 0 Å². The normalized spacial score (nSPS) is 17.6. The highest BCUT2D eigenvalue weighted by molar-refractivity contribution is 5.99. The summed E-state index contributed by atoms with van der Waals surface area (Å²) in [5.41, 5.74) is 0.531. The molecule has 0 bridgehead atoms. The molecule has 88 valence electrons. The standard InChI is InChI=1S/C12H11NO4/c14-9-3-4-13(6-9)12(15)8-1-2-10-11(5-8)17-7-16-10/h1-2,5H,3-4,6-7H2. The van der Waals surface area contributed by atoms with E-state index < -0.39 is 0 Å². The third-order valence-electron chi connectivity index (χ3n) is 2.93. The van der Waals surface area contributed by atoms with E-state index in [1.54, 1.807) is 23.1 Å². The molecule has 0 aliphatic carbocycles. The number of rotatable bonds is 1. The van der Waals surface area contributed by atoms with Crippen molar-refractivity contribution in [3.05, 3.63) is 23.8 Å². The number of carbonyl (C=O) groups excluding carboxylic acids is 2. The lowest BCUT2D eigenvalue weighted by atomic mass is 10.2. The number of nitrogens with zero attached hydrogens (tertiary/aromatic N) is 1. The average Bonchev–Trinajstić information content (AvgIpc) is 2.95. The van der Waals surface area contributed by atoms with Gasteiger partial charge >= 0.3 is 0 Å². The molecule has 0 N–H and O–H groups in total. The van der Waals surface area contributed by atoms with Gasteiger partial charge in [-0.3, -0.25) is 9.59 Å². The predicted octanol–water partition coefficient (Wildman–Crippen LogP) is 0.830. The highest BCUT2D eigenvalue weighted by Crippen LogP contribution is 2.32. The van der Waals surface area contributed by atoms with Crippen LogP contribution in [0.25, 0.3) is 0 Å². The molecule has 0 aromatic heterocycles. The third kappa shape index (κ3) is 1.73. The first kappa shape index (κ1) is 10.1. The maximum atomic E-state index is 12.1. The molecular weight excluding hydrogens is 222 g/mol. The van der Waals surface area contributed by atoms with Crippen LogP contribution in [0.1, 0.15) is 16.8 Å². The van der Waals surface area contributed by atoms with Crippen LogP contribution in [0.2, 0.25) is 0 Å². The zero-order valence-electron chi connectivity index (χ0n) is 9.14. The SMILES string of the molecule is O=C1CCN(C(=O)c2ccc3c(c2)OCO3)C1. The van der Waals surface area contributed by atoms with Crippen LogP contribution >= 0.6 is 0 Å². The first-order chi connectivity index (χ1) is 8.24. The van der Waals surface area contributed by atoms with Crippen LogP contribution in [0.3, 0.4) is 0 Å². The van der Waals surface area contributed by atoms with Gasteiger partial charge in [0, 0.05) is 18.5 Å². The molecule has 0 spiro atoms. The van der Waals surface area contributed by atoms with Gasteiger partial charge in [-0.25, -0.2) is 0 Å². The van der Waals surface area contributed by atoms with E-state index in [-0.39, 0.29) is 25.0 Å². The summed E-state index contributed by atoms with van der Waals surface area (Å²) in [6.45, 7) is 0.911. The molecule has 2 aliphatic rings. The van der Waals surface area contributed by atoms with Crippen molar-refractivity contribution in [2.45, 2.75) is 6.42 Å². The minimum Gasteiger partial charge on any atom is -0.454 e. The van der Waals surface area contributed by atoms with Crippen molar-refractivity contribution in [1.29, 1.82) is 0 Å². The van der Waals surface area contributed by atoms with Crippen molar-refractivity contribution in [2.24, 2.45) is 0 Å². The Morgan fingerprint density at radius 3 is 2.82 bits per heavy atom. The summed E-state index contributed by atoms with van der Waals surface area (Å²) in [5.74, 6) is 1.22. The number of Topliss-reactive ketones (excluding diaryl/α,β-unsaturated/α-hetero) is 1. The van der Waals surface area contributed by atoms with Gasteiger partial charge in [-0.2, -0.15) is 0 Å². The van der Waals surface area contributed by atoms with Gasteiger partial charge in [-0.1, -0.05) is 0 Å². The number of carbonyl (C=O) groups is 2. The van der Waals surface area contributed by atoms with Crippen molar-refractivity contribution in [3.63, 3.8) is 0 Å². The van der Waals surface area contributed by atoms with Crippen molar-refractivity contribution < 1.29 is 19.1 Å². The molecule has 1 saturated heterocycles. The first-order valence-electron chi connectivity index (χ1n) is 5.45. The van der Waals surface area contributed by atoms with Gasteiger partial charge in [-0.05, 0) is 18.2 Å². The van der Waals surface area contributed by atoms with Gasteiger partial charge in [0.15, 0.2) is 17.3 Å². The second-order valence-electron chi connectivity index (χ2n) is 4.08. The maximum Gasteiger partial charge on any atom is 0.254 e. The zero-order chi connectivity index (χ0) is 11.8. The Morgan fingerprint density at radius 1 is 1.24 bits per heavy atom. The quantitative estimate of drug-likeness (QED) is 0.721. The second kappa shape index (κ2) is 3.76. The van der Waals surface area contributed by atoms with E-state index in [1.165, 1.54) is 0 Å². The second-order valence-corrected chi connectivity index (χ2v) is 4.08. The number of fused-ring (bicyclic) bond motifs is 1. The van der Waals surface area contributed by atoms with Crippen molar-refractivity contribution in [1.82, 2.24) is 4.90 Å². The molecule has 1 aromatic carbocycles. The average molecular weight is 233 g/mol. The zero-order valence-corrected chi connectivity index (χ0v) is 9.14. The Hall–Kier alpha value is -2.04. The van der Waals surface area contributed by atoms with E-state index in [0.717, 1.165) is 0 Å². The Kier molecular flexibility index (Phi) is 2.24. The Morgan fingerprint density at radius 2 is 2.06 bits per heavy atom. The molecule has 2 heterocycles. The Labute approximate surface area is 97.9 Å². The van der Waals surface area contributed by atoms with Gasteiger partial charge in [-0.15, -0.1) is 0 Å². The third-order valence-corrected chi connectivity index (χ3v) is 2.93. The molecule has 1 aromatic rings. The maximum absolute atomic E-state index is 12.1. The summed E-state index contributed by atoms with van der Waals surface area (Å²) in [7, 11) is 0. The molecule has 1 amide bonds. The molecule has 5 nitrogen and oxygen atoms in total. The van der Waals surface area contributed by atoms with Gasteiger partial charge in [0.25, 0.3) is 5.91 Å². The smallest absolute Gasteiger partial charge is 0.254 e. The molecule has 3 rings (SSSR count). The van der Waals surface area contributed by atoms with Crippen LogP contribution in [0, 0.1) is 0 Å². The largest absolute Gasteiger partial charge is 0.454 e. The fourth-order valence-electron chi connectivity index (χ4n) is 2.02. The molecule has 5 heteroatoms. The van der Waals surface area contributed by atoms with E-state index in [0.29, 0.717) is 30.0 Å². The number of benzene rings is 1. The van der Waals surface area contributed by atoms with Crippen LogP contribution in [0.5, 0.6) is 11.5 Å². The number of ketones is 1. The highest BCUT2D eigenvalue weighted by Gasteiger charge is 2.26. The summed E-state index contributed by atoms with van der Waals surface area (Å²) in [6.07, 6.45) is 0.455. The topological polar surface area (TPSA) is 55.8 Å². The lowest BCUT2D eigenvalue weighted by Crippen LogP contribution is -2.28. The lowest BCUT2D eigenvalue weighted by molar-refractivity contribution is -0.116. The number of hydrogen-bond acceptors (Lipinski definition) is 4. The van der Waals surface area contributed by atoms with E-state index in [1.807, 2.05) is 0 Å². The van der Waals surface area contributed by atoms with Crippen molar-refractivity contribution in [2.75, 3.05) is 19.9 Å². The molecular formula is C12H11NO4. The summed E-state index contributed by atoms with van der Waals surface area (Å²) in [6, 6.07) is 5.07. The number of likely N-dealkylation sites (tertiary alicyclic amines) is 1. The highest BCUT2D eigenvalue weighted by atomic mass is 16.7. The van der Waals surface area contributed by atoms with E-state index in [4.69, 9.17) is 9.47 Å². The van der Waals surface area contributed by atoms with Crippen LogP contribution in [-0.4, -0.2) is 36.5 Å². The number of ether oxygens (including phenoxy) is 2. The summed E-state index contributed by atoms with van der Waals surface area (Å²) >= 11 is 0. The van der Waals surface area contributed by atoms with Crippen molar-refractivity contribution in [3.8, 4) is 11.5 Å². The molecule has 0 saturated carbocycles. The molecule has 0 unspecified atom stereocenters. The summed E-state index contributed by atoms with van der Waals surface area (Å²) in [4.78, 5) is 24.8. The van der Waals surface area contributed by atoms with Crippen LogP contribution < -0.4 is 9.47 Å². The molecule has 17 heavy (non-hydrogen) atoms. The summed E-state index contributed by atoms with van der Waals surface area (Å²) in [5, 5.41) is 0. The fourth-order valence-corrected chi connectivity index (χ4v) is 2.02.